The molecule has 2 fully saturated rings. The molecular formula is C22H24ClN3O4S3. The number of carbonyl (C=O) groups is 2. The van der Waals surface area contributed by atoms with Gasteiger partial charge >= 0.3 is 0 Å². The average molecular weight is 526 g/mol. The summed E-state index contributed by atoms with van der Waals surface area (Å²) in [6.45, 7) is 1.96. The molecule has 33 heavy (non-hydrogen) atoms. The molecule has 1 saturated carbocycles. The Morgan fingerprint density at radius 1 is 1.15 bits per heavy atom. The Morgan fingerprint density at radius 2 is 1.85 bits per heavy atom. The first-order valence-electron chi connectivity index (χ1n) is 10.7. The molecule has 1 N–H and O–H groups in total. The summed E-state index contributed by atoms with van der Waals surface area (Å²) in [5.41, 5.74) is 1.72. The minimum absolute atomic E-state index is 0.0252. The quantitative estimate of drug-likeness (QED) is 0.568. The summed E-state index contributed by atoms with van der Waals surface area (Å²) in [6, 6.07) is 10.2. The molecule has 1 atom stereocenters. The van der Waals surface area contributed by atoms with E-state index in [1.54, 1.807) is 12.1 Å². The van der Waals surface area contributed by atoms with Crippen LogP contribution < -0.4 is 5.32 Å². The number of amidine groups is 1. The van der Waals surface area contributed by atoms with Gasteiger partial charge in [-0.25, -0.2) is 0 Å². The zero-order chi connectivity index (χ0) is 23.6. The molecule has 11 heteroatoms. The number of anilines is 1. The van der Waals surface area contributed by atoms with E-state index in [1.807, 2.05) is 19.1 Å². The zero-order valence-electron chi connectivity index (χ0n) is 18.0. The van der Waals surface area contributed by atoms with E-state index in [4.69, 9.17) is 11.6 Å². The first-order valence-corrected chi connectivity index (χ1v) is 14.2. The normalized spacial score (nSPS) is 21.0. The Balaban J connectivity index is 1.56. The molecule has 1 aliphatic carbocycles. The van der Waals surface area contributed by atoms with Gasteiger partial charge in [0.25, 0.3) is 10.0 Å². The molecule has 1 saturated heterocycles. The van der Waals surface area contributed by atoms with Crippen LogP contribution in [-0.2, 0) is 19.6 Å². The summed E-state index contributed by atoms with van der Waals surface area (Å²) in [5.74, 6) is -0.563. The number of nitrogens with zero attached hydrogens (tertiary/aromatic N) is 2. The lowest BCUT2D eigenvalue weighted by Crippen LogP contribution is -2.42. The molecule has 4 rings (SSSR count). The van der Waals surface area contributed by atoms with E-state index >= 15 is 0 Å². The summed E-state index contributed by atoms with van der Waals surface area (Å²) in [7, 11) is -4.02. The van der Waals surface area contributed by atoms with Crippen LogP contribution >= 0.6 is 34.7 Å². The topological polar surface area (TPSA) is 95.9 Å². The second kappa shape index (κ2) is 10.2. The van der Waals surface area contributed by atoms with Gasteiger partial charge < -0.3 is 5.32 Å². The van der Waals surface area contributed by atoms with Crippen LogP contribution in [0, 0.1) is 6.92 Å². The van der Waals surface area contributed by atoms with E-state index in [1.165, 1.54) is 17.0 Å². The number of hydrogen-bond acceptors (Lipinski definition) is 6. The Bertz CT molecular complexity index is 1170. The number of thiophene rings is 1. The van der Waals surface area contributed by atoms with E-state index in [0.717, 1.165) is 60.8 Å². The van der Waals surface area contributed by atoms with Crippen molar-refractivity contribution in [3.63, 3.8) is 0 Å². The Labute approximate surface area is 206 Å². The van der Waals surface area contributed by atoms with E-state index in [0.29, 0.717) is 10.0 Å². The predicted molar refractivity (Wildman–Crippen MR) is 133 cm³/mol. The van der Waals surface area contributed by atoms with Gasteiger partial charge in [0.15, 0.2) is 5.17 Å². The highest BCUT2D eigenvalue weighted by atomic mass is 35.5. The van der Waals surface area contributed by atoms with Crippen LogP contribution in [0.2, 0.25) is 4.34 Å². The van der Waals surface area contributed by atoms with Crippen molar-refractivity contribution in [2.45, 2.75) is 60.9 Å². The fraction of sp³-hybridized carbons (Fsp3) is 0.409. The first-order chi connectivity index (χ1) is 15.7. The monoisotopic (exact) mass is 525 g/mol. The number of carbonyl (C=O) groups excluding carboxylic acids is 2. The Kier molecular flexibility index (Phi) is 7.47. The summed E-state index contributed by atoms with van der Waals surface area (Å²) in [4.78, 5) is 27.5. The van der Waals surface area contributed by atoms with E-state index in [-0.39, 0.29) is 33.7 Å². The molecule has 176 valence electrons. The highest BCUT2D eigenvalue weighted by molar-refractivity contribution is 8.16. The molecule has 7 nitrogen and oxygen atoms in total. The van der Waals surface area contributed by atoms with Crippen molar-refractivity contribution in [2.75, 3.05) is 5.32 Å². The number of aryl methyl sites for hydroxylation is 1. The molecule has 2 aromatic rings. The molecule has 1 unspecified atom stereocenters. The van der Waals surface area contributed by atoms with Crippen LogP contribution in [-0.4, -0.2) is 41.6 Å². The SMILES string of the molecule is Cc1ccc(NC(=O)CC2S/C(=N/S(=O)(=O)c3ccc(Cl)s3)N(C3CCCCC3)C2=O)cc1. The van der Waals surface area contributed by atoms with Crippen molar-refractivity contribution < 1.29 is 18.0 Å². The second-order valence-corrected chi connectivity index (χ2v) is 12.8. The van der Waals surface area contributed by atoms with Crippen LogP contribution in [0.4, 0.5) is 5.69 Å². The van der Waals surface area contributed by atoms with Gasteiger partial charge in [-0.1, -0.05) is 60.3 Å². The molecule has 2 heterocycles. The van der Waals surface area contributed by atoms with Crippen molar-refractivity contribution in [2.24, 2.45) is 4.40 Å². The molecule has 0 bridgehead atoms. The fourth-order valence-electron chi connectivity index (χ4n) is 3.96. The molecule has 1 aromatic heterocycles. The number of hydrogen-bond donors (Lipinski definition) is 1. The van der Waals surface area contributed by atoms with E-state index < -0.39 is 15.3 Å². The average Bonchev–Trinajstić information content (AvgIpc) is 3.34. The maximum Gasteiger partial charge on any atom is 0.294 e. The van der Waals surface area contributed by atoms with Crippen molar-refractivity contribution in [3.05, 3.63) is 46.3 Å². The predicted octanol–water partition coefficient (Wildman–Crippen LogP) is 5.06. The Morgan fingerprint density at radius 3 is 2.48 bits per heavy atom. The summed E-state index contributed by atoms with van der Waals surface area (Å²) in [5, 5.41) is 2.23. The third kappa shape index (κ3) is 5.79. The number of sulfonamides is 1. The summed E-state index contributed by atoms with van der Waals surface area (Å²) >= 11 is 7.87. The van der Waals surface area contributed by atoms with Crippen LogP contribution in [0.5, 0.6) is 0 Å². The lowest BCUT2D eigenvalue weighted by Gasteiger charge is -2.30. The highest BCUT2D eigenvalue weighted by Gasteiger charge is 2.43. The number of rotatable bonds is 6. The zero-order valence-corrected chi connectivity index (χ0v) is 21.2. The van der Waals surface area contributed by atoms with Crippen molar-refractivity contribution in [1.29, 1.82) is 0 Å². The van der Waals surface area contributed by atoms with Gasteiger partial charge in [0.2, 0.25) is 11.8 Å². The van der Waals surface area contributed by atoms with E-state index in [2.05, 4.69) is 9.71 Å². The van der Waals surface area contributed by atoms with Gasteiger partial charge in [-0.2, -0.15) is 8.42 Å². The number of amides is 2. The number of halogens is 1. The summed E-state index contributed by atoms with van der Waals surface area (Å²) in [6.07, 6.45) is 4.55. The van der Waals surface area contributed by atoms with E-state index in [9.17, 15) is 18.0 Å². The fourth-order valence-corrected chi connectivity index (χ4v) is 7.82. The number of nitrogens with one attached hydrogen (secondary N) is 1. The lowest BCUT2D eigenvalue weighted by molar-refractivity contribution is -0.130. The molecule has 0 spiro atoms. The third-order valence-corrected chi connectivity index (χ3v) is 9.85. The maximum atomic E-state index is 13.3. The molecule has 2 amide bonds. The van der Waals surface area contributed by atoms with Gasteiger partial charge in [-0.3, -0.25) is 14.5 Å². The Hall–Kier alpha value is -1.88. The van der Waals surface area contributed by atoms with Gasteiger partial charge in [-0.05, 0) is 44.0 Å². The number of thioether (sulfide) groups is 1. The highest BCUT2D eigenvalue weighted by Crippen LogP contribution is 2.37. The number of benzene rings is 1. The lowest BCUT2D eigenvalue weighted by atomic mass is 9.94. The smallest absolute Gasteiger partial charge is 0.294 e. The molecule has 1 aliphatic heterocycles. The molecule has 2 aliphatic rings. The molecule has 0 radical (unpaired) electrons. The van der Waals surface area contributed by atoms with Gasteiger partial charge in [-0.15, -0.1) is 15.7 Å². The van der Waals surface area contributed by atoms with Crippen molar-refractivity contribution in [3.8, 4) is 0 Å². The van der Waals surface area contributed by atoms with Crippen LogP contribution in [0.1, 0.15) is 44.1 Å². The van der Waals surface area contributed by atoms with Gasteiger partial charge in [0.05, 0.1) is 4.34 Å². The van der Waals surface area contributed by atoms with Gasteiger partial charge in [0.1, 0.15) is 9.46 Å². The minimum atomic E-state index is -4.02. The second-order valence-electron chi connectivity index (χ2n) is 8.13. The van der Waals surface area contributed by atoms with Crippen LogP contribution in [0.3, 0.4) is 0 Å². The summed E-state index contributed by atoms with van der Waals surface area (Å²) < 4.78 is 30.1. The van der Waals surface area contributed by atoms with Crippen molar-refractivity contribution >= 4 is 67.4 Å². The molecule has 1 aromatic carbocycles. The first kappa shape index (κ1) is 24.3. The third-order valence-electron chi connectivity index (χ3n) is 5.61. The van der Waals surface area contributed by atoms with Crippen LogP contribution in [0.25, 0.3) is 0 Å². The molecular weight excluding hydrogens is 502 g/mol. The minimum Gasteiger partial charge on any atom is -0.326 e. The van der Waals surface area contributed by atoms with Gasteiger partial charge in [0, 0.05) is 18.2 Å². The van der Waals surface area contributed by atoms with Crippen LogP contribution in [0.15, 0.2) is 45.0 Å². The largest absolute Gasteiger partial charge is 0.326 e. The standard InChI is InChI=1S/C22H24ClN3O4S3/c1-14-7-9-15(10-8-14)24-19(27)13-17-21(28)26(16-5-3-2-4-6-16)22(31-17)25-33(29,30)20-12-11-18(23)32-20/h7-12,16-17H,2-6,13H2,1H3,(H,24,27)/b25-22+. The van der Waals surface area contributed by atoms with Crippen molar-refractivity contribution in [1.82, 2.24) is 4.90 Å². The maximum absolute atomic E-state index is 13.3.